The molecule has 0 N–H and O–H groups in total. The predicted molar refractivity (Wildman–Crippen MR) is 86.3 cm³/mol. The summed E-state index contributed by atoms with van der Waals surface area (Å²) in [5, 5.41) is 0. The number of hydrogen-bond donors (Lipinski definition) is 0. The number of methoxy groups -OCH3 is 1. The Bertz CT molecular complexity index is 681. The van der Waals surface area contributed by atoms with Crippen LogP contribution in [-0.2, 0) is 14.8 Å². The number of ether oxygens (including phenoxy) is 2. The van der Waals surface area contributed by atoms with Gasteiger partial charge in [-0.3, -0.25) is 9.78 Å². The highest BCUT2D eigenvalue weighted by Crippen LogP contribution is 2.18. The first kappa shape index (κ1) is 18.4. The van der Waals surface area contributed by atoms with Crippen molar-refractivity contribution in [2.75, 3.05) is 40.0 Å². The van der Waals surface area contributed by atoms with Crippen molar-refractivity contribution in [3.8, 4) is 11.8 Å². The number of sulfonamides is 1. The van der Waals surface area contributed by atoms with E-state index in [4.69, 9.17) is 9.47 Å². The molecule has 2 rings (SSSR count). The molecular formula is C14H22N4O5S. The van der Waals surface area contributed by atoms with E-state index in [2.05, 4.69) is 9.97 Å². The van der Waals surface area contributed by atoms with Gasteiger partial charge in [0, 0.05) is 13.6 Å². The SMILES string of the molecule is COc1cncc(O[C@@H]2CCCN(C(=O)CN(C)S(C)(=O)=O)C2)n1. The van der Waals surface area contributed by atoms with Gasteiger partial charge in [-0.15, -0.1) is 0 Å². The van der Waals surface area contributed by atoms with Crippen molar-refractivity contribution < 1.29 is 22.7 Å². The van der Waals surface area contributed by atoms with Crippen LogP contribution in [0.25, 0.3) is 0 Å². The van der Waals surface area contributed by atoms with Crippen LogP contribution >= 0.6 is 0 Å². The molecule has 1 atom stereocenters. The molecule has 9 nitrogen and oxygen atoms in total. The molecule has 1 aliphatic heterocycles. The fraction of sp³-hybridized carbons (Fsp3) is 0.643. The van der Waals surface area contributed by atoms with Crippen LogP contribution in [0.1, 0.15) is 12.8 Å². The monoisotopic (exact) mass is 358 g/mol. The zero-order valence-electron chi connectivity index (χ0n) is 14.0. The Morgan fingerprint density at radius 3 is 2.79 bits per heavy atom. The molecule has 0 bridgehead atoms. The first-order chi connectivity index (χ1) is 11.3. The van der Waals surface area contributed by atoms with E-state index in [1.165, 1.54) is 26.6 Å². The van der Waals surface area contributed by atoms with E-state index in [0.717, 1.165) is 23.4 Å². The number of carbonyl (C=O) groups excluding carboxylic acids is 1. The van der Waals surface area contributed by atoms with Crippen molar-refractivity contribution in [3.05, 3.63) is 12.4 Å². The number of nitrogens with zero attached hydrogens (tertiary/aromatic N) is 4. The lowest BCUT2D eigenvalue weighted by Gasteiger charge is -2.33. The summed E-state index contributed by atoms with van der Waals surface area (Å²) in [5.74, 6) is 0.445. The smallest absolute Gasteiger partial charge is 0.238 e. The third-order valence-corrected chi connectivity index (χ3v) is 5.00. The summed E-state index contributed by atoms with van der Waals surface area (Å²) in [6.07, 6.45) is 5.38. The molecule has 1 fully saturated rings. The molecule has 1 saturated heterocycles. The Morgan fingerprint density at radius 1 is 1.42 bits per heavy atom. The van der Waals surface area contributed by atoms with Gasteiger partial charge in [0.2, 0.25) is 27.7 Å². The van der Waals surface area contributed by atoms with Gasteiger partial charge in [0.15, 0.2) is 0 Å². The highest BCUT2D eigenvalue weighted by Gasteiger charge is 2.27. The van der Waals surface area contributed by atoms with Gasteiger partial charge >= 0.3 is 0 Å². The minimum absolute atomic E-state index is 0.176. The Labute approximate surface area is 141 Å². The van der Waals surface area contributed by atoms with Crippen molar-refractivity contribution in [1.29, 1.82) is 0 Å². The third kappa shape index (κ3) is 5.03. The summed E-state index contributed by atoms with van der Waals surface area (Å²) in [7, 11) is -0.505. The molecule has 0 unspecified atom stereocenters. The minimum atomic E-state index is -3.38. The van der Waals surface area contributed by atoms with Gasteiger partial charge in [0.25, 0.3) is 0 Å². The van der Waals surface area contributed by atoms with E-state index in [1.807, 2.05) is 0 Å². The maximum Gasteiger partial charge on any atom is 0.238 e. The molecule has 1 aliphatic rings. The second-order valence-corrected chi connectivity index (χ2v) is 7.73. The van der Waals surface area contributed by atoms with Crippen LogP contribution in [-0.4, -0.2) is 79.6 Å². The topological polar surface area (TPSA) is 102 Å². The van der Waals surface area contributed by atoms with Gasteiger partial charge in [-0.1, -0.05) is 0 Å². The van der Waals surface area contributed by atoms with Crippen molar-refractivity contribution in [2.24, 2.45) is 0 Å². The molecule has 134 valence electrons. The van der Waals surface area contributed by atoms with E-state index < -0.39 is 10.0 Å². The molecule has 0 radical (unpaired) electrons. The first-order valence-electron chi connectivity index (χ1n) is 7.51. The van der Waals surface area contributed by atoms with E-state index in [9.17, 15) is 13.2 Å². The number of piperidine rings is 1. The van der Waals surface area contributed by atoms with E-state index in [1.54, 1.807) is 4.90 Å². The summed E-state index contributed by atoms with van der Waals surface area (Å²) in [6.45, 7) is 0.792. The molecule has 10 heteroatoms. The normalized spacial score (nSPS) is 18.5. The largest absolute Gasteiger partial charge is 0.480 e. The minimum Gasteiger partial charge on any atom is -0.480 e. The number of likely N-dealkylation sites (N-methyl/N-ethyl adjacent to an activating group) is 1. The Kier molecular flexibility index (Phi) is 5.94. The Balaban J connectivity index is 1.94. The number of aromatic nitrogens is 2. The molecule has 1 aromatic heterocycles. The first-order valence-corrected chi connectivity index (χ1v) is 9.36. The second kappa shape index (κ2) is 7.75. The van der Waals surface area contributed by atoms with Gasteiger partial charge in [-0.05, 0) is 12.8 Å². The number of carbonyl (C=O) groups is 1. The molecule has 0 saturated carbocycles. The lowest BCUT2D eigenvalue weighted by atomic mass is 10.1. The number of rotatable bonds is 6. The van der Waals surface area contributed by atoms with Crippen molar-refractivity contribution in [2.45, 2.75) is 18.9 Å². The fourth-order valence-corrected chi connectivity index (χ4v) is 2.67. The fourth-order valence-electron chi connectivity index (χ4n) is 2.33. The number of hydrogen-bond acceptors (Lipinski definition) is 7. The molecule has 1 aromatic rings. The highest BCUT2D eigenvalue weighted by molar-refractivity contribution is 7.88. The summed E-state index contributed by atoms with van der Waals surface area (Å²) in [6, 6.07) is 0. The van der Waals surface area contributed by atoms with Gasteiger partial charge < -0.3 is 14.4 Å². The van der Waals surface area contributed by atoms with Gasteiger partial charge in [0.1, 0.15) is 6.10 Å². The predicted octanol–water partition coefficient (Wildman–Crippen LogP) is -0.254. The molecule has 0 spiro atoms. The molecular weight excluding hydrogens is 336 g/mol. The number of likely N-dealkylation sites (tertiary alicyclic amines) is 1. The maximum atomic E-state index is 12.3. The summed E-state index contributed by atoms with van der Waals surface area (Å²) in [5.41, 5.74) is 0. The van der Waals surface area contributed by atoms with Gasteiger partial charge in [0.05, 0.1) is 38.8 Å². The lowest BCUT2D eigenvalue weighted by molar-refractivity contribution is -0.133. The number of amides is 1. The van der Waals surface area contributed by atoms with Gasteiger partial charge in [-0.25, -0.2) is 8.42 Å². The lowest BCUT2D eigenvalue weighted by Crippen LogP contribution is -2.48. The zero-order chi connectivity index (χ0) is 17.7. The van der Waals surface area contributed by atoms with E-state index in [-0.39, 0.29) is 18.6 Å². The molecule has 2 heterocycles. The quantitative estimate of drug-likeness (QED) is 0.691. The van der Waals surface area contributed by atoms with Gasteiger partial charge in [-0.2, -0.15) is 9.29 Å². The molecule has 0 aromatic carbocycles. The van der Waals surface area contributed by atoms with Crippen molar-refractivity contribution >= 4 is 15.9 Å². The van der Waals surface area contributed by atoms with Crippen LogP contribution in [0.15, 0.2) is 12.4 Å². The second-order valence-electron chi connectivity index (χ2n) is 5.64. The summed E-state index contributed by atoms with van der Waals surface area (Å²) in [4.78, 5) is 22.0. The maximum absolute atomic E-state index is 12.3. The standard InChI is InChI=1S/C14H22N4O5S/c1-17(24(3,20)21)10-14(19)18-6-4-5-11(9-18)23-13-8-15-7-12(16-13)22-2/h7-8,11H,4-6,9-10H2,1-3H3/t11-/m1/s1. The Hall–Kier alpha value is -1.94. The molecule has 24 heavy (non-hydrogen) atoms. The van der Waals surface area contributed by atoms with Crippen LogP contribution in [0.2, 0.25) is 0 Å². The van der Waals surface area contributed by atoms with E-state index in [0.29, 0.717) is 24.8 Å². The zero-order valence-corrected chi connectivity index (χ0v) is 14.8. The summed E-state index contributed by atoms with van der Waals surface area (Å²) < 4.78 is 34.6. The Morgan fingerprint density at radius 2 is 2.12 bits per heavy atom. The molecule has 0 aliphatic carbocycles. The molecule has 1 amide bonds. The van der Waals surface area contributed by atoms with Crippen LogP contribution in [0.3, 0.4) is 0 Å². The summed E-state index contributed by atoms with van der Waals surface area (Å²) >= 11 is 0. The van der Waals surface area contributed by atoms with Crippen LogP contribution in [0.5, 0.6) is 11.8 Å². The van der Waals surface area contributed by atoms with Crippen molar-refractivity contribution in [1.82, 2.24) is 19.2 Å². The average molecular weight is 358 g/mol. The van der Waals surface area contributed by atoms with Crippen LogP contribution in [0, 0.1) is 0 Å². The average Bonchev–Trinajstić information content (AvgIpc) is 2.54. The van der Waals surface area contributed by atoms with Crippen molar-refractivity contribution in [3.63, 3.8) is 0 Å². The van der Waals surface area contributed by atoms with Crippen LogP contribution in [0.4, 0.5) is 0 Å². The third-order valence-electron chi connectivity index (χ3n) is 3.74. The van der Waals surface area contributed by atoms with Crippen LogP contribution < -0.4 is 9.47 Å². The van der Waals surface area contributed by atoms with E-state index >= 15 is 0 Å². The highest BCUT2D eigenvalue weighted by atomic mass is 32.2.